The topological polar surface area (TPSA) is 144 Å². The largest absolute Gasteiger partial charge is 0.696 e. The number of benzene rings is 2. The van der Waals surface area contributed by atoms with Gasteiger partial charge in [-0.2, -0.15) is 0 Å². The first-order chi connectivity index (χ1) is 18.0. The molecule has 0 aromatic heterocycles. The number of carbonyl (C=O) groups excluding carboxylic acids is 2. The standard InChI is InChI=1S/C25H30ClN2O9P/c1-25(2,13-29)12-28-18-9-8-15(26)10-17(18)22(16-6-5-7-19(34-3)23(16)35-4)37-20(24(28)31)11-21(30)27-14-36-38(32)33/h5-10,20,22,29H,11-14H2,1-4H3,(H-,27,30,32,33)/p+1/t20-,22-/m1/s1. The van der Waals surface area contributed by atoms with Crippen molar-refractivity contribution >= 4 is 37.4 Å². The van der Waals surface area contributed by atoms with Crippen LogP contribution in [0.4, 0.5) is 5.69 Å². The van der Waals surface area contributed by atoms with Gasteiger partial charge in [-0.15, -0.1) is 4.89 Å². The van der Waals surface area contributed by atoms with Gasteiger partial charge in [-0.05, 0) is 24.3 Å². The minimum absolute atomic E-state index is 0.120. The first-order valence-electron chi connectivity index (χ1n) is 11.6. The lowest BCUT2D eigenvalue weighted by molar-refractivity contribution is -0.138. The molecule has 2 amide bonds. The van der Waals surface area contributed by atoms with Crippen molar-refractivity contribution < 1.29 is 42.9 Å². The Hall–Kier alpha value is -2.79. The summed E-state index contributed by atoms with van der Waals surface area (Å²) in [6.45, 7) is 3.01. The van der Waals surface area contributed by atoms with Gasteiger partial charge >= 0.3 is 8.25 Å². The monoisotopic (exact) mass is 569 g/mol. The van der Waals surface area contributed by atoms with Crippen LogP contribution in [-0.2, 0) is 23.4 Å². The molecule has 13 heteroatoms. The van der Waals surface area contributed by atoms with Crippen LogP contribution >= 0.6 is 19.9 Å². The van der Waals surface area contributed by atoms with Crippen molar-refractivity contribution in [2.24, 2.45) is 5.41 Å². The predicted molar refractivity (Wildman–Crippen MR) is 139 cm³/mol. The van der Waals surface area contributed by atoms with E-state index in [1.165, 1.54) is 19.1 Å². The fraction of sp³-hybridized carbons (Fsp3) is 0.440. The van der Waals surface area contributed by atoms with E-state index >= 15 is 0 Å². The minimum atomic E-state index is -2.90. The van der Waals surface area contributed by atoms with Gasteiger partial charge in [0.25, 0.3) is 5.91 Å². The molecule has 1 aliphatic heterocycles. The third-order valence-corrected chi connectivity index (χ3v) is 6.53. The Balaban J connectivity index is 2.14. The summed E-state index contributed by atoms with van der Waals surface area (Å²) in [5.74, 6) is -0.327. The summed E-state index contributed by atoms with van der Waals surface area (Å²) in [6.07, 6.45) is -2.59. The number of nitrogens with zero attached hydrogens (tertiary/aromatic N) is 1. The summed E-state index contributed by atoms with van der Waals surface area (Å²) in [4.78, 5) is 36.8. The van der Waals surface area contributed by atoms with Gasteiger partial charge in [-0.3, -0.25) is 9.59 Å². The molecule has 3 rings (SSSR count). The molecule has 1 aliphatic rings. The fourth-order valence-electron chi connectivity index (χ4n) is 4.11. The quantitative estimate of drug-likeness (QED) is 0.274. The highest BCUT2D eigenvalue weighted by molar-refractivity contribution is 7.32. The number of fused-ring (bicyclic) bond motifs is 1. The Bertz CT molecular complexity index is 1190. The maximum atomic E-state index is 13.9. The van der Waals surface area contributed by atoms with Crippen LogP contribution in [0, 0.1) is 5.41 Å². The molecule has 0 saturated heterocycles. The second-order valence-electron chi connectivity index (χ2n) is 9.35. The first kappa shape index (κ1) is 29.8. The molecule has 206 valence electrons. The van der Waals surface area contributed by atoms with E-state index in [1.54, 1.807) is 50.2 Å². The molecule has 2 aromatic rings. The van der Waals surface area contributed by atoms with Crippen LogP contribution in [0.2, 0.25) is 5.02 Å². The van der Waals surface area contributed by atoms with E-state index < -0.39 is 50.8 Å². The summed E-state index contributed by atoms with van der Waals surface area (Å²) in [6, 6.07) is 10.2. The molecule has 38 heavy (non-hydrogen) atoms. The Morgan fingerprint density at radius 3 is 2.58 bits per heavy atom. The normalized spacial score (nSPS) is 17.9. The summed E-state index contributed by atoms with van der Waals surface area (Å²) in [5, 5.41) is 12.7. The zero-order valence-corrected chi connectivity index (χ0v) is 23.1. The number of aliphatic hydroxyl groups is 1. The van der Waals surface area contributed by atoms with E-state index in [0.29, 0.717) is 33.3 Å². The molecule has 0 saturated carbocycles. The second-order valence-corrected chi connectivity index (χ2v) is 10.5. The highest BCUT2D eigenvalue weighted by atomic mass is 35.5. The van der Waals surface area contributed by atoms with Crippen molar-refractivity contribution in [1.82, 2.24) is 5.32 Å². The Kier molecular flexibility index (Phi) is 10.1. The molecular weight excluding hydrogens is 539 g/mol. The number of hydrogen-bond donors (Lipinski definition) is 3. The summed E-state index contributed by atoms with van der Waals surface area (Å²) >= 11 is 6.39. The molecular formula is C25H31ClN2O9P+. The average molecular weight is 570 g/mol. The summed E-state index contributed by atoms with van der Waals surface area (Å²) in [5.41, 5.74) is 0.902. The predicted octanol–water partition coefficient (Wildman–Crippen LogP) is 3.33. The third kappa shape index (κ3) is 6.99. The Morgan fingerprint density at radius 2 is 1.95 bits per heavy atom. The lowest BCUT2D eigenvalue weighted by atomic mass is 9.92. The van der Waals surface area contributed by atoms with Gasteiger partial charge in [0, 0.05) is 45.0 Å². The number of rotatable bonds is 11. The van der Waals surface area contributed by atoms with Crippen molar-refractivity contribution in [2.45, 2.75) is 32.5 Å². The van der Waals surface area contributed by atoms with E-state index in [0.717, 1.165) is 0 Å². The van der Waals surface area contributed by atoms with Crippen LogP contribution in [0.3, 0.4) is 0 Å². The smallest absolute Gasteiger partial charge is 0.493 e. The third-order valence-electron chi connectivity index (χ3n) is 5.95. The van der Waals surface area contributed by atoms with Gasteiger partial charge in [0.2, 0.25) is 5.91 Å². The Labute approximate surface area is 226 Å². The second kappa shape index (κ2) is 12.8. The van der Waals surface area contributed by atoms with Gasteiger partial charge in [0.15, 0.2) is 18.2 Å². The van der Waals surface area contributed by atoms with E-state index in [9.17, 15) is 19.3 Å². The molecule has 0 fully saturated rings. The van der Waals surface area contributed by atoms with Crippen molar-refractivity contribution in [1.29, 1.82) is 0 Å². The van der Waals surface area contributed by atoms with E-state index in [2.05, 4.69) is 9.84 Å². The molecule has 3 atom stereocenters. The van der Waals surface area contributed by atoms with Crippen LogP contribution in [-0.4, -0.2) is 62.0 Å². The van der Waals surface area contributed by atoms with Gasteiger partial charge in [0.1, 0.15) is 12.2 Å². The zero-order chi connectivity index (χ0) is 28.0. The molecule has 0 radical (unpaired) electrons. The SMILES string of the molecule is COc1cccc([C@H]2O[C@H](CC(=O)NCO[P+](=O)O)C(=O)N(CC(C)(C)CO)c3ccc(Cl)cc32)c1OC. The molecule has 11 nitrogen and oxygen atoms in total. The van der Waals surface area contributed by atoms with Crippen molar-refractivity contribution in [3.63, 3.8) is 0 Å². The molecule has 1 heterocycles. The molecule has 0 spiro atoms. The van der Waals surface area contributed by atoms with Crippen LogP contribution in [0.5, 0.6) is 11.5 Å². The highest BCUT2D eigenvalue weighted by Gasteiger charge is 2.40. The van der Waals surface area contributed by atoms with E-state index in [1.807, 2.05) is 0 Å². The van der Waals surface area contributed by atoms with Crippen LogP contribution in [0.1, 0.15) is 37.5 Å². The van der Waals surface area contributed by atoms with Gasteiger partial charge in [0.05, 0.1) is 20.6 Å². The number of methoxy groups -OCH3 is 2. The van der Waals surface area contributed by atoms with Gasteiger partial charge in [-0.1, -0.05) is 42.1 Å². The minimum Gasteiger partial charge on any atom is -0.493 e. The van der Waals surface area contributed by atoms with E-state index in [4.69, 9.17) is 30.7 Å². The van der Waals surface area contributed by atoms with Gasteiger partial charge < -0.3 is 29.5 Å². The first-order valence-corrected chi connectivity index (χ1v) is 13.2. The summed E-state index contributed by atoms with van der Waals surface area (Å²) < 4.78 is 32.7. The van der Waals surface area contributed by atoms with Crippen molar-refractivity contribution in [3.05, 3.63) is 52.5 Å². The number of halogens is 1. The number of carbonyl (C=O) groups is 2. The molecule has 0 aliphatic carbocycles. The van der Waals surface area contributed by atoms with Crippen LogP contribution < -0.4 is 19.7 Å². The highest BCUT2D eigenvalue weighted by Crippen LogP contribution is 2.45. The molecule has 2 aromatic carbocycles. The van der Waals surface area contributed by atoms with Gasteiger partial charge in [-0.25, -0.2) is 0 Å². The number of hydrogen-bond acceptors (Lipinski definition) is 8. The number of ether oxygens (including phenoxy) is 3. The van der Waals surface area contributed by atoms with Crippen molar-refractivity contribution in [3.8, 4) is 11.5 Å². The number of anilines is 1. The fourth-order valence-corrected chi connectivity index (χ4v) is 4.47. The van der Waals surface area contributed by atoms with Crippen molar-refractivity contribution in [2.75, 3.05) is 39.0 Å². The maximum absolute atomic E-state index is 13.9. The number of amides is 2. The molecule has 0 bridgehead atoms. The lowest BCUT2D eigenvalue weighted by Gasteiger charge is -2.32. The average Bonchev–Trinajstić information content (AvgIpc) is 2.98. The number of para-hydroxylation sites is 1. The van der Waals surface area contributed by atoms with E-state index in [-0.39, 0.29) is 13.2 Å². The van der Waals surface area contributed by atoms with Crippen LogP contribution in [0.15, 0.2) is 36.4 Å². The Morgan fingerprint density at radius 1 is 1.21 bits per heavy atom. The molecule has 3 N–H and O–H groups in total. The number of nitrogens with one attached hydrogen (secondary N) is 1. The van der Waals surface area contributed by atoms with Crippen LogP contribution in [0.25, 0.3) is 0 Å². The lowest BCUT2D eigenvalue weighted by Crippen LogP contribution is -2.46. The molecule has 1 unspecified atom stereocenters. The number of aliphatic hydroxyl groups excluding tert-OH is 1. The maximum Gasteiger partial charge on any atom is 0.696 e. The summed E-state index contributed by atoms with van der Waals surface area (Å²) in [7, 11) is 0.0748. The zero-order valence-electron chi connectivity index (χ0n) is 21.5.